The highest BCUT2D eigenvalue weighted by atomic mass is 32.2. The van der Waals surface area contributed by atoms with Crippen molar-refractivity contribution >= 4 is 27.6 Å². The summed E-state index contributed by atoms with van der Waals surface area (Å²) in [6.07, 6.45) is 5.92. The molecular formula is C30H31F5N10O4S. The molecule has 4 aromatic heterocycles. The fourth-order valence-corrected chi connectivity index (χ4v) is 5.81. The van der Waals surface area contributed by atoms with Crippen LogP contribution in [0.1, 0.15) is 38.2 Å². The Morgan fingerprint density at radius 3 is 2.20 bits per heavy atom. The van der Waals surface area contributed by atoms with Crippen LogP contribution in [0, 0.1) is 0 Å². The van der Waals surface area contributed by atoms with Crippen molar-refractivity contribution < 1.29 is 39.9 Å². The summed E-state index contributed by atoms with van der Waals surface area (Å²) in [6.45, 7) is -0.238. The SMILES string of the molecule is COc1ncc(-c2cnc(N(C(=O)NCC(C)(F)F)[C@H]3CC[C@H](Nc4ncc(C(F)(F)F)c(-c5cncc(S(C)(=O)=O)c5)n4)CC3)cn2)cn1. The molecular weight excluding hydrogens is 691 g/mol. The number of anilines is 2. The van der Waals surface area contributed by atoms with Gasteiger partial charge in [-0.3, -0.25) is 14.9 Å². The minimum Gasteiger partial charge on any atom is -0.467 e. The van der Waals surface area contributed by atoms with E-state index in [1.165, 1.54) is 36.8 Å². The number of hydrogen-bond acceptors (Lipinski definition) is 12. The molecule has 2 N–H and O–H groups in total. The maximum atomic E-state index is 13.9. The Balaban J connectivity index is 1.34. The van der Waals surface area contributed by atoms with Gasteiger partial charge in [0.2, 0.25) is 5.95 Å². The van der Waals surface area contributed by atoms with Crippen LogP contribution in [-0.2, 0) is 16.0 Å². The number of aromatic nitrogens is 7. The average molecular weight is 723 g/mol. The highest BCUT2D eigenvalue weighted by Crippen LogP contribution is 2.37. The molecule has 0 aliphatic heterocycles. The van der Waals surface area contributed by atoms with E-state index in [1.54, 1.807) is 0 Å². The first-order chi connectivity index (χ1) is 23.5. The zero-order valence-corrected chi connectivity index (χ0v) is 27.6. The van der Waals surface area contributed by atoms with Gasteiger partial charge in [-0.05, 0) is 31.7 Å². The Morgan fingerprint density at radius 1 is 0.920 bits per heavy atom. The molecule has 5 rings (SSSR count). The highest BCUT2D eigenvalue weighted by molar-refractivity contribution is 7.90. The second-order valence-electron chi connectivity index (χ2n) is 11.6. The van der Waals surface area contributed by atoms with Crippen LogP contribution < -0.4 is 20.3 Å². The molecule has 1 saturated carbocycles. The van der Waals surface area contributed by atoms with Gasteiger partial charge < -0.3 is 15.4 Å². The first kappa shape index (κ1) is 36.1. The largest absolute Gasteiger partial charge is 0.467 e. The molecule has 20 heteroatoms. The third kappa shape index (κ3) is 8.90. The van der Waals surface area contributed by atoms with E-state index in [2.05, 4.69) is 45.5 Å². The topological polar surface area (TPSA) is 178 Å². The van der Waals surface area contributed by atoms with E-state index >= 15 is 0 Å². The van der Waals surface area contributed by atoms with E-state index in [9.17, 15) is 35.2 Å². The molecule has 14 nitrogen and oxygen atoms in total. The Bertz CT molecular complexity index is 1920. The van der Waals surface area contributed by atoms with Gasteiger partial charge in [0, 0.05) is 67.4 Å². The van der Waals surface area contributed by atoms with Gasteiger partial charge in [-0.25, -0.2) is 46.9 Å². The number of hydrogen-bond donors (Lipinski definition) is 2. The molecule has 0 bridgehead atoms. The molecule has 0 atom stereocenters. The number of nitrogens with one attached hydrogen (secondary N) is 2. The number of sulfone groups is 1. The van der Waals surface area contributed by atoms with Crippen LogP contribution in [0.5, 0.6) is 6.01 Å². The number of rotatable bonds is 10. The van der Waals surface area contributed by atoms with Crippen molar-refractivity contribution in [1.82, 2.24) is 40.2 Å². The number of carbonyl (C=O) groups is 1. The Morgan fingerprint density at radius 2 is 1.62 bits per heavy atom. The minimum atomic E-state index is -4.84. The van der Waals surface area contributed by atoms with E-state index in [1.807, 2.05) is 0 Å². The third-order valence-electron chi connectivity index (χ3n) is 7.66. The van der Waals surface area contributed by atoms with Gasteiger partial charge in [0.1, 0.15) is 5.56 Å². The highest BCUT2D eigenvalue weighted by Gasteiger charge is 2.37. The lowest BCUT2D eigenvalue weighted by molar-refractivity contribution is -0.137. The summed E-state index contributed by atoms with van der Waals surface area (Å²) in [5.74, 6) is -3.20. The van der Waals surface area contributed by atoms with Gasteiger partial charge in [-0.2, -0.15) is 13.2 Å². The van der Waals surface area contributed by atoms with Crippen molar-refractivity contribution in [1.29, 1.82) is 0 Å². The molecule has 2 amide bonds. The molecule has 1 aliphatic rings. The van der Waals surface area contributed by atoms with E-state index in [4.69, 9.17) is 4.74 Å². The van der Waals surface area contributed by atoms with Gasteiger partial charge in [0.05, 0.1) is 42.3 Å². The van der Waals surface area contributed by atoms with Crippen LogP contribution in [0.15, 0.2) is 54.3 Å². The average Bonchev–Trinajstić information content (AvgIpc) is 3.07. The third-order valence-corrected chi connectivity index (χ3v) is 8.74. The number of nitrogens with zero attached hydrogens (tertiary/aromatic N) is 8. The van der Waals surface area contributed by atoms with Crippen LogP contribution in [0.3, 0.4) is 0 Å². The van der Waals surface area contributed by atoms with Crippen molar-refractivity contribution in [3.05, 3.63) is 55.0 Å². The summed E-state index contributed by atoms with van der Waals surface area (Å²) in [6, 6.07) is -0.440. The Hall–Kier alpha value is -5.14. The van der Waals surface area contributed by atoms with Crippen LogP contribution in [0.4, 0.5) is 38.5 Å². The molecule has 1 fully saturated rings. The summed E-state index contributed by atoms with van der Waals surface area (Å²) in [4.78, 5) is 42.8. The van der Waals surface area contributed by atoms with Crippen LogP contribution in [-0.4, -0.2) is 87.3 Å². The zero-order chi connectivity index (χ0) is 36.3. The summed E-state index contributed by atoms with van der Waals surface area (Å²) in [7, 11) is -2.35. The van der Waals surface area contributed by atoms with Gasteiger partial charge in [-0.15, -0.1) is 0 Å². The molecule has 0 saturated heterocycles. The molecule has 0 spiro atoms. The predicted molar refractivity (Wildman–Crippen MR) is 169 cm³/mol. The molecule has 50 heavy (non-hydrogen) atoms. The molecule has 1 aliphatic carbocycles. The number of carbonyl (C=O) groups excluding carboxylic acids is 1. The minimum absolute atomic E-state index is 0.108. The van der Waals surface area contributed by atoms with E-state index in [-0.39, 0.29) is 34.3 Å². The molecule has 4 heterocycles. The summed E-state index contributed by atoms with van der Waals surface area (Å²) in [5, 5.41) is 5.27. The van der Waals surface area contributed by atoms with Crippen molar-refractivity contribution in [2.75, 3.05) is 30.1 Å². The lowest BCUT2D eigenvalue weighted by Crippen LogP contribution is -2.51. The lowest BCUT2D eigenvalue weighted by atomic mass is 9.90. The van der Waals surface area contributed by atoms with Crippen LogP contribution in [0.2, 0.25) is 0 Å². The van der Waals surface area contributed by atoms with E-state index in [0.717, 1.165) is 24.7 Å². The normalized spacial score (nSPS) is 16.8. The number of pyridine rings is 1. The quantitative estimate of drug-likeness (QED) is 0.214. The Kier molecular flexibility index (Phi) is 10.4. The van der Waals surface area contributed by atoms with Gasteiger partial charge >= 0.3 is 18.2 Å². The summed E-state index contributed by atoms with van der Waals surface area (Å²) >= 11 is 0. The van der Waals surface area contributed by atoms with Crippen LogP contribution >= 0.6 is 0 Å². The van der Waals surface area contributed by atoms with E-state index in [0.29, 0.717) is 50.1 Å². The maximum absolute atomic E-state index is 13.9. The van der Waals surface area contributed by atoms with E-state index < -0.39 is 51.8 Å². The second-order valence-corrected chi connectivity index (χ2v) is 13.6. The maximum Gasteiger partial charge on any atom is 0.419 e. The molecule has 4 aromatic rings. The summed E-state index contributed by atoms with van der Waals surface area (Å²) in [5.41, 5.74) is -0.989. The first-order valence-electron chi connectivity index (χ1n) is 15.0. The monoisotopic (exact) mass is 722 g/mol. The predicted octanol–water partition coefficient (Wildman–Crippen LogP) is 4.81. The number of alkyl halides is 5. The number of ether oxygens (including phenoxy) is 1. The molecule has 0 aromatic carbocycles. The second kappa shape index (κ2) is 14.4. The van der Waals surface area contributed by atoms with Crippen molar-refractivity contribution in [3.63, 3.8) is 0 Å². The fourth-order valence-electron chi connectivity index (χ4n) is 5.21. The number of halogens is 5. The number of amides is 2. The standard InChI is InChI=1S/C30H31F5N10O4S/c1-29(31,32)16-42-28(46)45(24-15-37-23(14-38-24)18-10-40-27(49-2)41-11-18)20-6-4-19(5-7-20)43-26-39-13-22(30(33,34)35)25(44-26)17-8-21(12-36-9-17)50(3,47)48/h8-15,19-20H,4-7,16H2,1-3H3,(H,42,46)(H,39,43,44)/t19-,20-. The molecule has 0 radical (unpaired) electrons. The van der Waals surface area contributed by atoms with Gasteiger partial charge in [0.15, 0.2) is 15.7 Å². The van der Waals surface area contributed by atoms with Crippen molar-refractivity contribution in [2.24, 2.45) is 0 Å². The number of methoxy groups -OCH3 is 1. The molecule has 266 valence electrons. The molecule has 0 unspecified atom stereocenters. The fraction of sp³-hybridized carbons (Fsp3) is 0.400. The summed E-state index contributed by atoms with van der Waals surface area (Å²) < 4.78 is 98.0. The first-order valence-corrected chi connectivity index (χ1v) is 16.9. The smallest absolute Gasteiger partial charge is 0.419 e. The zero-order valence-electron chi connectivity index (χ0n) is 26.8. The van der Waals surface area contributed by atoms with Gasteiger partial charge in [-0.1, -0.05) is 0 Å². The van der Waals surface area contributed by atoms with Crippen molar-refractivity contribution in [3.8, 4) is 28.5 Å². The lowest BCUT2D eigenvalue weighted by Gasteiger charge is -2.36. The van der Waals surface area contributed by atoms with Gasteiger partial charge in [0.25, 0.3) is 5.92 Å². The number of urea groups is 1. The van der Waals surface area contributed by atoms with Crippen LogP contribution in [0.25, 0.3) is 22.5 Å². The van der Waals surface area contributed by atoms with Crippen molar-refractivity contribution in [2.45, 2.75) is 61.7 Å². The Labute approximate surface area is 282 Å².